The Balaban J connectivity index is 0.00000256. The van der Waals surface area contributed by atoms with Crippen molar-refractivity contribution in [1.29, 1.82) is 0 Å². The van der Waals surface area contributed by atoms with Gasteiger partial charge in [0.25, 0.3) is 0 Å². The molecular formula is C12H19ClN2O2. The Hall–Kier alpha value is -1.10. The summed E-state index contributed by atoms with van der Waals surface area (Å²) in [6.07, 6.45) is 0.297. The lowest BCUT2D eigenvalue weighted by Gasteiger charge is -2.11. The normalized spacial score (nSPS) is 11.4. The Morgan fingerprint density at radius 1 is 1.35 bits per heavy atom. The Morgan fingerprint density at radius 2 is 2.00 bits per heavy atom. The third-order valence-corrected chi connectivity index (χ3v) is 2.22. The van der Waals surface area contributed by atoms with Crippen LogP contribution in [0.3, 0.4) is 0 Å². The van der Waals surface area contributed by atoms with E-state index in [1.165, 1.54) is 0 Å². The number of nitrogens with two attached hydrogens (primary N) is 1. The van der Waals surface area contributed by atoms with Crippen LogP contribution < -0.4 is 11.1 Å². The van der Waals surface area contributed by atoms with Gasteiger partial charge < -0.3 is 16.2 Å². The van der Waals surface area contributed by atoms with E-state index in [9.17, 15) is 9.90 Å². The molecule has 0 saturated heterocycles. The fourth-order valence-electron chi connectivity index (χ4n) is 1.41. The summed E-state index contributed by atoms with van der Waals surface area (Å²) in [5.41, 5.74) is 6.29. The van der Waals surface area contributed by atoms with Crippen LogP contribution >= 0.6 is 12.4 Å². The summed E-state index contributed by atoms with van der Waals surface area (Å²) in [6.45, 7) is 0.605. The average molecular weight is 259 g/mol. The van der Waals surface area contributed by atoms with E-state index in [0.29, 0.717) is 19.4 Å². The van der Waals surface area contributed by atoms with Gasteiger partial charge in [0.15, 0.2) is 0 Å². The average Bonchev–Trinajstić information content (AvgIpc) is 2.28. The molecule has 0 aliphatic rings. The number of aliphatic hydroxyl groups is 1. The summed E-state index contributed by atoms with van der Waals surface area (Å²) in [4.78, 5) is 11.1. The van der Waals surface area contributed by atoms with Crippen molar-refractivity contribution in [3.8, 4) is 0 Å². The van der Waals surface area contributed by atoms with E-state index >= 15 is 0 Å². The van der Waals surface area contributed by atoms with Gasteiger partial charge in [-0.2, -0.15) is 0 Å². The van der Waals surface area contributed by atoms with Crippen molar-refractivity contribution in [1.82, 2.24) is 5.32 Å². The highest BCUT2D eigenvalue weighted by atomic mass is 35.5. The van der Waals surface area contributed by atoms with Crippen LogP contribution in [0, 0.1) is 0 Å². The zero-order valence-electron chi connectivity index (χ0n) is 9.63. The monoisotopic (exact) mass is 258 g/mol. The molecule has 5 heteroatoms. The second-order valence-electron chi connectivity index (χ2n) is 3.69. The Kier molecular flexibility index (Phi) is 8.40. The van der Waals surface area contributed by atoms with Crippen molar-refractivity contribution in [2.75, 3.05) is 13.1 Å². The number of carbonyl (C=O) groups is 1. The number of benzene rings is 1. The second-order valence-corrected chi connectivity index (χ2v) is 3.69. The Labute approximate surface area is 108 Å². The molecule has 1 atom stereocenters. The van der Waals surface area contributed by atoms with Gasteiger partial charge in [-0.15, -0.1) is 12.4 Å². The minimum Gasteiger partial charge on any atom is -0.391 e. The molecule has 0 fully saturated rings. The van der Waals surface area contributed by atoms with Crippen LogP contribution in [0.2, 0.25) is 0 Å². The van der Waals surface area contributed by atoms with Gasteiger partial charge in [0.1, 0.15) is 0 Å². The zero-order valence-corrected chi connectivity index (χ0v) is 10.5. The molecule has 0 aliphatic carbocycles. The van der Waals surface area contributed by atoms with Gasteiger partial charge in [0, 0.05) is 25.9 Å². The summed E-state index contributed by atoms with van der Waals surface area (Å²) in [6, 6.07) is 9.68. The Morgan fingerprint density at radius 3 is 2.59 bits per heavy atom. The molecule has 0 saturated carbocycles. The lowest BCUT2D eigenvalue weighted by atomic mass is 10.1. The fourth-order valence-corrected chi connectivity index (χ4v) is 1.41. The van der Waals surface area contributed by atoms with E-state index in [0.717, 1.165) is 5.56 Å². The minimum absolute atomic E-state index is 0. The van der Waals surface area contributed by atoms with Gasteiger partial charge in [-0.05, 0) is 5.56 Å². The van der Waals surface area contributed by atoms with E-state index in [1.807, 2.05) is 30.3 Å². The first-order valence-corrected chi connectivity index (χ1v) is 5.41. The number of hydrogen-bond acceptors (Lipinski definition) is 3. The smallest absolute Gasteiger partial charge is 0.221 e. The van der Waals surface area contributed by atoms with Crippen molar-refractivity contribution in [2.24, 2.45) is 5.73 Å². The van der Waals surface area contributed by atoms with E-state index in [2.05, 4.69) is 5.32 Å². The predicted molar refractivity (Wildman–Crippen MR) is 70.1 cm³/mol. The molecule has 1 aromatic carbocycles. The maximum Gasteiger partial charge on any atom is 0.221 e. The number of halogens is 1. The lowest BCUT2D eigenvalue weighted by Crippen LogP contribution is -2.34. The van der Waals surface area contributed by atoms with E-state index in [1.54, 1.807) is 0 Å². The van der Waals surface area contributed by atoms with E-state index in [4.69, 9.17) is 5.73 Å². The molecule has 1 amide bonds. The van der Waals surface area contributed by atoms with Crippen LogP contribution in [-0.4, -0.2) is 30.2 Å². The number of aliphatic hydroxyl groups excluding tert-OH is 1. The van der Waals surface area contributed by atoms with Crippen LogP contribution in [-0.2, 0) is 11.2 Å². The highest BCUT2D eigenvalue weighted by molar-refractivity contribution is 5.85. The maximum atomic E-state index is 11.1. The van der Waals surface area contributed by atoms with Crippen molar-refractivity contribution in [3.05, 3.63) is 35.9 Å². The van der Waals surface area contributed by atoms with Crippen molar-refractivity contribution >= 4 is 18.3 Å². The molecule has 4 N–H and O–H groups in total. The van der Waals surface area contributed by atoms with Crippen molar-refractivity contribution in [3.63, 3.8) is 0 Å². The first-order chi connectivity index (χ1) is 7.72. The quantitative estimate of drug-likeness (QED) is 0.695. The molecule has 1 rings (SSSR count). The Bertz CT molecular complexity index is 320. The summed E-state index contributed by atoms with van der Waals surface area (Å²) < 4.78 is 0. The number of amides is 1. The third-order valence-electron chi connectivity index (χ3n) is 2.22. The number of rotatable bonds is 6. The summed E-state index contributed by atoms with van der Waals surface area (Å²) in [5.74, 6) is -0.116. The summed E-state index contributed by atoms with van der Waals surface area (Å²) in [7, 11) is 0. The van der Waals surface area contributed by atoms with Crippen LogP contribution in [0.1, 0.15) is 12.0 Å². The maximum absolute atomic E-state index is 11.1. The van der Waals surface area contributed by atoms with Crippen molar-refractivity contribution in [2.45, 2.75) is 18.9 Å². The lowest BCUT2D eigenvalue weighted by molar-refractivity contribution is -0.121. The first kappa shape index (κ1) is 15.9. The molecule has 1 aromatic rings. The standard InChI is InChI=1S/C12H18N2O2.ClH/c13-7-6-12(16)14-9-11(15)8-10-4-2-1-3-5-10;/h1-5,11,15H,6-9,13H2,(H,14,16);1H. The minimum atomic E-state index is -0.552. The molecule has 0 aliphatic heterocycles. The molecule has 17 heavy (non-hydrogen) atoms. The summed E-state index contributed by atoms with van der Waals surface area (Å²) >= 11 is 0. The second kappa shape index (κ2) is 8.98. The van der Waals surface area contributed by atoms with Gasteiger partial charge in [0.2, 0.25) is 5.91 Å². The van der Waals surface area contributed by atoms with Gasteiger partial charge >= 0.3 is 0 Å². The number of hydrogen-bond donors (Lipinski definition) is 3. The van der Waals surface area contributed by atoms with Gasteiger partial charge in [-0.1, -0.05) is 30.3 Å². The molecule has 96 valence electrons. The van der Waals surface area contributed by atoms with Gasteiger partial charge in [-0.25, -0.2) is 0 Å². The fraction of sp³-hybridized carbons (Fsp3) is 0.417. The van der Waals surface area contributed by atoms with E-state index < -0.39 is 6.10 Å². The molecule has 0 bridgehead atoms. The predicted octanol–water partition coefficient (Wildman–Crippen LogP) is 0.477. The van der Waals surface area contributed by atoms with Gasteiger partial charge in [-0.3, -0.25) is 4.79 Å². The third kappa shape index (κ3) is 6.94. The molecule has 0 spiro atoms. The number of carbonyl (C=O) groups excluding carboxylic acids is 1. The highest BCUT2D eigenvalue weighted by Crippen LogP contribution is 2.02. The molecular weight excluding hydrogens is 240 g/mol. The van der Waals surface area contributed by atoms with E-state index in [-0.39, 0.29) is 24.9 Å². The van der Waals surface area contributed by atoms with Crippen LogP contribution in [0.4, 0.5) is 0 Å². The first-order valence-electron chi connectivity index (χ1n) is 5.41. The zero-order chi connectivity index (χ0) is 11.8. The molecule has 1 unspecified atom stereocenters. The molecule has 0 aromatic heterocycles. The van der Waals surface area contributed by atoms with Crippen LogP contribution in [0.25, 0.3) is 0 Å². The molecule has 0 heterocycles. The van der Waals surface area contributed by atoms with Crippen LogP contribution in [0.15, 0.2) is 30.3 Å². The topological polar surface area (TPSA) is 75.4 Å². The SMILES string of the molecule is Cl.NCCC(=O)NCC(O)Cc1ccccc1. The summed E-state index contributed by atoms with van der Waals surface area (Å²) in [5, 5.41) is 12.3. The van der Waals surface area contributed by atoms with Gasteiger partial charge in [0.05, 0.1) is 6.10 Å². The number of nitrogens with one attached hydrogen (secondary N) is 1. The van der Waals surface area contributed by atoms with Crippen molar-refractivity contribution < 1.29 is 9.90 Å². The molecule has 4 nitrogen and oxygen atoms in total. The van der Waals surface area contributed by atoms with Crippen LogP contribution in [0.5, 0.6) is 0 Å². The highest BCUT2D eigenvalue weighted by Gasteiger charge is 2.07. The molecule has 0 radical (unpaired) electrons. The largest absolute Gasteiger partial charge is 0.391 e.